The molecule has 0 fully saturated rings. The van der Waals surface area contributed by atoms with Crippen molar-refractivity contribution in [3.63, 3.8) is 0 Å². The van der Waals surface area contributed by atoms with Gasteiger partial charge in [0.05, 0.1) is 11.4 Å². The summed E-state index contributed by atoms with van der Waals surface area (Å²) in [5.74, 6) is -1.83. The zero-order valence-corrected chi connectivity index (χ0v) is 10.7. The highest BCUT2D eigenvalue weighted by atomic mass is 19.1. The fourth-order valence-electron chi connectivity index (χ4n) is 2.61. The number of carbonyl (C=O) groups is 1. The number of halogens is 1. The Bertz CT molecular complexity index is 673. The average molecular weight is 272 g/mol. The van der Waals surface area contributed by atoms with Crippen LogP contribution in [-0.2, 0) is 11.2 Å². The Morgan fingerprint density at radius 2 is 2.10 bits per heavy atom. The molecule has 0 saturated carbocycles. The van der Waals surface area contributed by atoms with Gasteiger partial charge in [-0.2, -0.15) is 10.2 Å². The van der Waals surface area contributed by atoms with E-state index in [1.165, 1.54) is 6.07 Å². The van der Waals surface area contributed by atoms with Crippen LogP contribution in [0, 0.1) is 5.82 Å². The lowest BCUT2D eigenvalue weighted by Gasteiger charge is -2.20. The van der Waals surface area contributed by atoms with E-state index in [2.05, 4.69) is 10.2 Å². The number of aromatic nitrogens is 2. The summed E-state index contributed by atoms with van der Waals surface area (Å²) in [7, 11) is 0. The molecule has 0 spiro atoms. The smallest absolute Gasteiger partial charge is 0.312 e. The predicted molar refractivity (Wildman–Crippen MR) is 70.7 cm³/mol. The fourth-order valence-corrected chi connectivity index (χ4v) is 2.61. The number of rotatable bonds is 2. The molecule has 1 atom stereocenters. The van der Waals surface area contributed by atoms with Crippen molar-refractivity contribution in [2.45, 2.75) is 25.2 Å². The molecule has 1 unspecified atom stereocenters. The topological polar surface area (TPSA) is 63.1 Å². The van der Waals surface area contributed by atoms with E-state index < -0.39 is 11.9 Å². The highest BCUT2D eigenvalue weighted by Gasteiger charge is 2.28. The molecule has 102 valence electrons. The number of benzene rings is 1. The number of nitrogens with zero attached hydrogens (tertiary/aromatic N) is 2. The third kappa shape index (κ3) is 2.15. The number of hydrogen-bond donors (Lipinski definition) is 1. The largest absolute Gasteiger partial charge is 0.481 e. The molecule has 1 N–H and O–H groups in total. The maximum absolute atomic E-state index is 13.8. The summed E-state index contributed by atoms with van der Waals surface area (Å²) in [6, 6.07) is 8.13. The van der Waals surface area contributed by atoms with Gasteiger partial charge in [-0.25, -0.2) is 4.39 Å². The summed E-state index contributed by atoms with van der Waals surface area (Å²) in [5.41, 5.74) is 2.22. The molecule has 1 aromatic carbocycles. The molecular weight excluding hydrogens is 259 g/mol. The molecule has 4 nitrogen and oxygen atoms in total. The van der Waals surface area contributed by atoms with Crippen molar-refractivity contribution in [2.75, 3.05) is 0 Å². The van der Waals surface area contributed by atoms with Crippen LogP contribution in [0.15, 0.2) is 30.3 Å². The first kappa shape index (κ1) is 12.7. The number of carboxylic acids is 1. The van der Waals surface area contributed by atoms with E-state index in [1.807, 2.05) is 0 Å². The van der Waals surface area contributed by atoms with Gasteiger partial charge >= 0.3 is 5.97 Å². The van der Waals surface area contributed by atoms with Crippen molar-refractivity contribution >= 4 is 5.97 Å². The van der Waals surface area contributed by atoms with E-state index >= 15 is 0 Å². The minimum absolute atomic E-state index is 0.354. The first-order chi connectivity index (χ1) is 9.66. The van der Waals surface area contributed by atoms with Crippen molar-refractivity contribution in [2.24, 2.45) is 0 Å². The summed E-state index contributed by atoms with van der Waals surface area (Å²) >= 11 is 0. The lowest BCUT2D eigenvalue weighted by molar-refractivity contribution is -0.139. The molecule has 1 aliphatic carbocycles. The van der Waals surface area contributed by atoms with Crippen LogP contribution in [-0.4, -0.2) is 21.3 Å². The second-order valence-electron chi connectivity index (χ2n) is 4.90. The van der Waals surface area contributed by atoms with Gasteiger partial charge in [-0.1, -0.05) is 12.1 Å². The molecule has 0 aliphatic heterocycles. The van der Waals surface area contributed by atoms with Gasteiger partial charge in [0, 0.05) is 5.56 Å². The van der Waals surface area contributed by atoms with E-state index in [0.29, 0.717) is 23.4 Å². The second-order valence-corrected chi connectivity index (χ2v) is 4.90. The van der Waals surface area contributed by atoms with E-state index in [4.69, 9.17) is 0 Å². The zero-order valence-electron chi connectivity index (χ0n) is 10.7. The van der Waals surface area contributed by atoms with Crippen LogP contribution in [0.25, 0.3) is 11.3 Å². The van der Waals surface area contributed by atoms with Gasteiger partial charge in [-0.3, -0.25) is 4.79 Å². The SMILES string of the molecule is O=C(O)C1CCCc2cc(-c3ccccc3F)nnc21. The number of aryl methyl sites for hydroxylation is 1. The zero-order chi connectivity index (χ0) is 14.1. The standard InChI is InChI=1S/C15H13FN2O2/c16-12-7-2-1-5-10(12)13-8-9-4-3-6-11(15(19)20)14(9)18-17-13/h1-2,5,7-8,11H,3-4,6H2,(H,19,20). The Labute approximate surface area is 115 Å². The highest BCUT2D eigenvalue weighted by molar-refractivity contribution is 5.76. The molecule has 0 amide bonds. The Morgan fingerprint density at radius 1 is 1.30 bits per heavy atom. The van der Waals surface area contributed by atoms with Gasteiger partial charge in [-0.05, 0) is 43.0 Å². The number of carboxylic acid groups (broad SMARTS) is 1. The fraction of sp³-hybridized carbons (Fsp3) is 0.267. The third-order valence-electron chi connectivity index (χ3n) is 3.62. The van der Waals surface area contributed by atoms with Crippen LogP contribution in [0.4, 0.5) is 4.39 Å². The first-order valence-corrected chi connectivity index (χ1v) is 6.51. The molecule has 5 heteroatoms. The van der Waals surface area contributed by atoms with E-state index in [0.717, 1.165) is 18.4 Å². The molecule has 2 aromatic rings. The van der Waals surface area contributed by atoms with Crippen LogP contribution in [0.2, 0.25) is 0 Å². The Morgan fingerprint density at radius 3 is 2.85 bits per heavy atom. The van der Waals surface area contributed by atoms with Gasteiger partial charge < -0.3 is 5.11 Å². The van der Waals surface area contributed by atoms with Gasteiger partial charge in [0.15, 0.2) is 0 Å². The van der Waals surface area contributed by atoms with Crippen molar-refractivity contribution in [1.82, 2.24) is 10.2 Å². The van der Waals surface area contributed by atoms with E-state index in [9.17, 15) is 14.3 Å². The Balaban J connectivity index is 2.06. The van der Waals surface area contributed by atoms with Crippen molar-refractivity contribution in [1.29, 1.82) is 0 Å². The number of aliphatic carboxylic acids is 1. The minimum Gasteiger partial charge on any atom is -0.481 e. The first-order valence-electron chi connectivity index (χ1n) is 6.51. The van der Waals surface area contributed by atoms with Crippen LogP contribution < -0.4 is 0 Å². The van der Waals surface area contributed by atoms with E-state index in [-0.39, 0.29) is 5.82 Å². The maximum atomic E-state index is 13.8. The quantitative estimate of drug-likeness (QED) is 0.913. The third-order valence-corrected chi connectivity index (χ3v) is 3.62. The van der Waals surface area contributed by atoms with Crippen LogP contribution >= 0.6 is 0 Å². The summed E-state index contributed by atoms with van der Waals surface area (Å²) < 4.78 is 13.8. The molecule has 20 heavy (non-hydrogen) atoms. The molecule has 1 heterocycles. The normalized spacial score (nSPS) is 17.6. The average Bonchev–Trinajstić information content (AvgIpc) is 2.46. The Hall–Kier alpha value is -2.30. The predicted octanol–water partition coefficient (Wildman–Crippen LogP) is 2.79. The summed E-state index contributed by atoms with van der Waals surface area (Å²) in [4.78, 5) is 11.2. The van der Waals surface area contributed by atoms with Crippen LogP contribution in [0.3, 0.4) is 0 Å². The van der Waals surface area contributed by atoms with Gasteiger partial charge in [0.2, 0.25) is 0 Å². The Kier molecular flexibility index (Phi) is 3.18. The summed E-state index contributed by atoms with van der Waals surface area (Å²) in [6.07, 6.45) is 2.14. The molecular formula is C15H13FN2O2. The van der Waals surface area contributed by atoms with Crippen LogP contribution in [0.5, 0.6) is 0 Å². The lowest BCUT2D eigenvalue weighted by atomic mass is 9.86. The van der Waals surface area contributed by atoms with Gasteiger partial charge in [0.1, 0.15) is 11.7 Å². The maximum Gasteiger partial charge on any atom is 0.312 e. The molecule has 0 saturated heterocycles. The minimum atomic E-state index is -0.876. The van der Waals surface area contributed by atoms with Crippen molar-refractivity contribution in [3.8, 4) is 11.3 Å². The van der Waals surface area contributed by atoms with Gasteiger partial charge in [0.25, 0.3) is 0 Å². The van der Waals surface area contributed by atoms with E-state index in [1.54, 1.807) is 24.3 Å². The molecule has 3 rings (SSSR count). The van der Waals surface area contributed by atoms with Crippen LogP contribution in [0.1, 0.15) is 30.0 Å². The highest BCUT2D eigenvalue weighted by Crippen LogP contribution is 2.32. The number of hydrogen-bond acceptors (Lipinski definition) is 3. The summed E-state index contributed by atoms with van der Waals surface area (Å²) in [5, 5.41) is 17.2. The lowest BCUT2D eigenvalue weighted by Crippen LogP contribution is -2.20. The van der Waals surface area contributed by atoms with Crippen molar-refractivity contribution < 1.29 is 14.3 Å². The molecule has 0 radical (unpaired) electrons. The molecule has 1 aromatic heterocycles. The van der Waals surface area contributed by atoms with Crippen molar-refractivity contribution in [3.05, 3.63) is 47.4 Å². The second kappa shape index (κ2) is 5.00. The molecule has 1 aliphatic rings. The monoisotopic (exact) mass is 272 g/mol. The number of fused-ring (bicyclic) bond motifs is 1. The molecule has 0 bridgehead atoms. The summed E-state index contributed by atoms with van der Waals surface area (Å²) in [6.45, 7) is 0. The van der Waals surface area contributed by atoms with Gasteiger partial charge in [-0.15, -0.1) is 0 Å².